The van der Waals surface area contributed by atoms with E-state index < -0.39 is 12.1 Å². The number of unbranched alkanes of at least 4 members (excludes halogenated alkanes) is 58. The van der Waals surface area contributed by atoms with E-state index in [9.17, 15) is 19.8 Å². The number of ether oxygens (including phenoxy) is 1. The predicted octanol–water partition coefficient (Wildman–Crippen LogP) is 24.3. The molecule has 0 aromatic rings. The SMILES string of the molecule is CCCCCCCCCCCCCCCCCCCCCCC(O)C(CO)NC(=O)CCCCCCCCCCCCCCCC/C=C\CCCCCCCCCCCCCCOC(=O)CCCCCCCCCCCCCCCC. The van der Waals surface area contributed by atoms with Crippen molar-refractivity contribution in [3.8, 4) is 0 Å². The molecule has 482 valence electrons. The number of allylic oxidation sites excluding steroid dienone is 2. The van der Waals surface area contributed by atoms with Crippen LogP contribution in [0.4, 0.5) is 0 Å². The molecule has 0 aliphatic rings. The van der Waals surface area contributed by atoms with Crippen LogP contribution >= 0.6 is 0 Å². The Morgan fingerprint density at radius 2 is 0.580 bits per heavy atom. The normalized spacial score (nSPS) is 12.5. The first kappa shape index (κ1) is 79.6. The number of carbonyl (C=O) groups excluding carboxylic acids is 2. The summed E-state index contributed by atoms with van der Waals surface area (Å²) in [6, 6.07) is -0.540. The van der Waals surface area contributed by atoms with Gasteiger partial charge in [-0.25, -0.2) is 0 Å². The summed E-state index contributed by atoms with van der Waals surface area (Å²) < 4.78 is 5.50. The van der Waals surface area contributed by atoms with Crippen LogP contribution in [-0.2, 0) is 14.3 Å². The lowest BCUT2D eigenvalue weighted by Crippen LogP contribution is -2.45. The summed E-state index contributed by atoms with van der Waals surface area (Å²) in [5.74, 6) is -0.00784. The van der Waals surface area contributed by atoms with Gasteiger partial charge in [0.25, 0.3) is 0 Å². The molecule has 0 spiro atoms. The zero-order valence-electron chi connectivity index (χ0n) is 55.3. The number of aliphatic hydroxyl groups is 2. The van der Waals surface area contributed by atoms with Crippen molar-refractivity contribution in [1.82, 2.24) is 5.32 Å². The molecule has 0 saturated carbocycles. The Hall–Kier alpha value is -1.40. The van der Waals surface area contributed by atoms with Crippen LogP contribution < -0.4 is 5.32 Å². The lowest BCUT2D eigenvalue weighted by Gasteiger charge is -2.22. The van der Waals surface area contributed by atoms with Gasteiger partial charge < -0.3 is 20.3 Å². The number of aliphatic hydroxyl groups excluding tert-OH is 2. The molecule has 0 radical (unpaired) electrons. The molecule has 0 aliphatic heterocycles. The fourth-order valence-corrected chi connectivity index (χ4v) is 12.1. The summed E-state index contributed by atoms with van der Waals surface area (Å²) in [4.78, 5) is 24.6. The monoisotopic (exact) mass is 1140 g/mol. The zero-order chi connectivity index (χ0) is 58.5. The molecule has 2 unspecified atom stereocenters. The van der Waals surface area contributed by atoms with Crippen LogP contribution in [-0.4, -0.2) is 47.4 Å². The zero-order valence-corrected chi connectivity index (χ0v) is 55.3. The van der Waals surface area contributed by atoms with Crippen LogP contribution in [0.1, 0.15) is 431 Å². The molecule has 0 heterocycles. The van der Waals surface area contributed by atoms with Gasteiger partial charge in [0.2, 0.25) is 5.91 Å². The number of hydrogen-bond donors (Lipinski definition) is 3. The van der Waals surface area contributed by atoms with Gasteiger partial charge in [-0.3, -0.25) is 9.59 Å². The van der Waals surface area contributed by atoms with Gasteiger partial charge in [-0.1, -0.05) is 379 Å². The molecule has 0 fully saturated rings. The third kappa shape index (κ3) is 67.6. The molecule has 0 aromatic carbocycles. The van der Waals surface area contributed by atoms with Crippen molar-refractivity contribution in [3.05, 3.63) is 12.2 Å². The lowest BCUT2D eigenvalue weighted by molar-refractivity contribution is -0.143. The largest absolute Gasteiger partial charge is 0.466 e. The van der Waals surface area contributed by atoms with Crippen molar-refractivity contribution in [2.45, 2.75) is 443 Å². The van der Waals surface area contributed by atoms with E-state index in [0.29, 0.717) is 25.9 Å². The van der Waals surface area contributed by atoms with Gasteiger partial charge in [-0.15, -0.1) is 0 Å². The Morgan fingerprint density at radius 3 is 0.877 bits per heavy atom. The molecule has 3 N–H and O–H groups in total. The molecule has 0 bridgehead atoms. The Morgan fingerprint density at radius 1 is 0.333 bits per heavy atom. The van der Waals surface area contributed by atoms with Crippen LogP contribution in [0.2, 0.25) is 0 Å². The molecule has 6 heteroatoms. The Labute approximate surface area is 508 Å². The summed E-state index contributed by atoms with van der Waals surface area (Å²) in [5.41, 5.74) is 0. The molecular formula is C75H147NO5. The van der Waals surface area contributed by atoms with E-state index in [0.717, 1.165) is 38.5 Å². The number of esters is 1. The minimum Gasteiger partial charge on any atom is -0.466 e. The van der Waals surface area contributed by atoms with E-state index in [1.165, 1.54) is 360 Å². The fourth-order valence-electron chi connectivity index (χ4n) is 12.1. The summed E-state index contributed by atoms with van der Waals surface area (Å²) >= 11 is 0. The predicted molar refractivity (Wildman–Crippen MR) is 357 cm³/mol. The first-order chi connectivity index (χ1) is 40.0. The van der Waals surface area contributed by atoms with Gasteiger partial charge in [0.1, 0.15) is 0 Å². The molecule has 0 rings (SSSR count). The third-order valence-electron chi connectivity index (χ3n) is 17.8. The van der Waals surface area contributed by atoms with Gasteiger partial charge in [0.05, 0.1) is 25.4 Å². The highest BCUT2D eigenvalue weighted by atomic mass is 16.5. The van der Waals surface area contributed by atoms with Crippen molar-refractivity contribution >= 4 is 11.9 Å². The highest BCUT2D eigenvalue weighted by Gasteiger charge is 2.20. The van der Waals surface area contributed by atoms with Gasteiger partial charge in [0, 0.05) is 12.8 Å². The molecule has 1 amide bonds. The maximum atomic E-state index is 12.5. The van der Waals surface area contributed by atoms with Crippen LogP contribution in [0.25, 0.3) is 0 Å². The first-order valence-electron chi connectivity index (χ1n) is 37.4. The number of rotatable bonds is 71. The van der Waals surface area contributed by atoms with E-state index >= 15 is 0 Å². The minimum absolute atomic E-state index is 0.0205. The summed E-state index contributed by atoms with van der Waals surface area (Å²) in [5, 5.41) is 23.4. The van der Waals surface area contributed by atoms with E-state index in [2.05, 4.69) is 31.3 Å². The average Bonchev–Trinajstić information content (AvgIpc) is 3.47. The van der Waals surface area contributed by atoms with Crippen LogP contribution in [0.3, 0.4) is 0 Å². The number of amides is 1. The first-order valence-corrected chi connectivity index (χ1v) is 37.4. The minimum atomic E-state index is -0.663. The standard InChI is InChI=1S/C75H147NO5/c1-3-5-7-9-11-13-15-17-19-20-21-34-37-40-43-47-51-55-59-63-67-73(78)72(71-77)76-74(79)68-64-60-56-52-48-44-41-38-35-32-30-28-26-24-22-23-25-27-29-31-33-36-39-42-46-50-54-58-62-66-70-81-75(80)69-65-61-57-53-49-45-18-16-14-12-10-8-6-4-2/h23,25,72-73,77-78H,3-22,24,26-71H2,1-2H3,(H,76,79)/b25-23-. The Kier molecular flexibility index (Phi) is 69.9. The number of carbonyl (C=O) groups is 2. The second kappa shape index (κ2) is 71.1. The molecule has 0 aromatic heterocycles. The molecule has 6 nitrogen and oxygen atoms in total. The van der Waals surface area contributed by atoms with Crippen LogP contribution in [0.15, 0.2) is 12.2 Å². The van der Waals surface area contributed by atoms with Gasteiger partial charge in [-0.2, -0.15) is 0 Å². The average molecular weight is 1140 g/mol. The smallest absolute Gasteiger partial charge is 0.305 e. The Bertz CT molecular complexity index is 1220. The van der Waals surface area contributed by atoms with E-state index in [4.69, 9.17) is 4.74 Å². The van der Waals surface area contributed by atoms with Gasteiger partial charge in [0.15, 0.2) is 0 Å². The maximum Gasteiger partial charge on any atom is 0.305 e. The maximum absolute atomic E-state index is 12.5. The quantitative estimate of drug-likeness (QED) is 0.0320. The van der Waals surface area contributed by atoms with Gasteiger partial charge >= 0.3 is 5.97 Å². The van der Waals surface area contributed by atoms with Gasteiger partial charge in [-0.05, 0) is 51.4 Å². The summed E-state index contributed by atoms with van der Waals surface area (Å²) in [6.45, 7) is 5.01. The van der Waals surface area contributed by atoms with Crippen molar-refractivity contribution in [3.63, 3.8) is 0 Å². The topological polar surface area (TPSA) is 95.9 Å². The molecule has 2 atom stereocenters. The number of nitrogens with one attached hydrogen (secondary N) is 1. The summed E-state index contributed by atoms with van der Waals surface area (Å²) in [6.07, 6.45) is 88.5. The highest BCUT2D eigenvalue weighted by Crippen LogP contribution is 2.20. The van der Waals surface area contributed by atoms with Crippen LogP contribution in [0, 0.1) is 0 Å². The summed E-state index contributed by atoms with van der Waals surface area (Å²) in [7, 11) is 0. The number of hydrogen-bond acceptors (Lipinski definition) is 5. The lowest BCUT2D eigenvalue weighted by atomic mass is 10.0. The fraction of sp³-hybridized carbons (Fsp3) is 0.947. The van der Waals surface area contributed by atoms with Crippen molar-refractivity contribution in [2.75, 3.05) is 13.2 Å². The Balaban J connectivity index is 3.36. The second-order valence-electron chi connectivity index (χ2n) is 26.0. The molecule has 0 saturated heterocycles. The highest BCUT2D eigenvalue weighted by molar-refractivity contribution is 5.76. The van der Waals surface area contributed by atoms with Crippen molar-refractivity contribution < 1.29 is 24.5 Å². The molecule has 81 heavy (non-hydrogen) atoms. The van der Waals surface area contributed by atoms with Crippen molar-refractivity contribution in [1.29, 1.82) is 0 Å². The van der Waals surface area contributed by atoms with Crippen molar-refractivity contribution in [2.24, 2.45) is 0 Å². The van der Waals surface area contributed by atoms with Crippen LogP contribution in [0.5, 0.6) is 0 Å². The van der Waals surface area contributed by atoms with E-state index in [-0.39, 0.29) is 18.5 Å². The molecule has 0 aliphatic carbocycles. The van der Waals surface area contributed by atoms with E-state index in [1.54, 1.807) is 0 Å². The second-order valence-corrected chi connectivity index (χ2v) is 26.0. The van der Waals surface area contributed by atoms with E-state index in [1.807, 2.05) is 0 Å². The third-order valence-corrected chi connectivity index (χ3v) is 17.8. The molecular weight excluding hydrogens is 995 g/mol.